The minimum absolute atomic E-state index is 0. The van der Waals surface area contributed by atoms with Gasteiger partial charge in [-0.3, -0.25) is 33.6 Å². The number of nitrogens with zero attached hydrogens (tertiary/aromatic N) is 11. The second kappa shape index (κ2) is 18.5. The highest BCUT2D eigenvalue weighted by Crippen LogP contribution is 2.36. The van der Waals surface area contributed by atoms with Gasteiger partial charge in [0.15, 0.2) is 11.5 Å². The molecule has 1 aliphatic heterocycles. The molecule has 1 saturated heterocycles. The van der Waals surface area contributed by atoms with Crippen molar-refractivity contribution in [3.05, 3.63) is 83.1 Å². The fourth-order valence-corrected chi connectivity index (χ4v) is 7.80. The highest BCUT2D eigenvalue weighted by Gasteiger charge is 2.23. The first-order chi connectivity index (χ1) is 29.5. The average Bonchev–Trinajstić information content (AvgIpc) is 4.01. The molecule has 3 amide bonds. The Morgan fingerprint density at radius 3 is 2.26 bits per heavy atom. The van der Waals surface area contributed by atoms with Crippen molar-refractivity contribution in [3.63, 3.8) is 0 Å². The molecule has 0 aliphatic carbocycles. The van der Waals surface area contributed by atoms with Crippen LogP contribution in [0, 0.1) is 13.8 Å². The minimum atomic E-state index is -0.643. The van der Waals surface area contributed by atoms with E-state index in [-0.39, 0.29) is 30.5 Å². The Bertz CT molecular complexity index is 2830. The fourth-order valence-electron chi connectivity index (χ4n) is 7.80. The Morgan fingerprint density at radius 1 is 0.823 bits per heavy atom. The van der Waals surface area contributed by atoms with Gasteiger partial charge in [-0.25, -0.2) is 19.9 Å². The third-order valence-electron chi connectivity index (χ3n) is 10.7. The predicted octanol–water partition coefficient (Wildman–Crippen LogP) is 3.85. The lowest BCUT2D eigenvalue weighted by molar-refractivity contribution is 0.0991. The number of carbonyl (C=O) groups is 3. The van der Waals surface area contributed by atoms with Crippen LogP contribution in [-0.4, -0.2) is 111 Å². The van der Waals surface area contributed by atoms with E-state index < -0.39 is 17.7 Å². The number of aryl methyl sites for hydroxylation is 4. The quantitative estimate of drug-likeness (QED) is 0.0801. The molecule has 1 aromatic carbocycles. The van der Waals surface area contributed by atoms with Crippen LogP contribution < -0.4 is 26.8 Å². The van der Waals surface area contributed by atoms with E-state index >= 15 is 0 Å². The van der Waals surface area contributed by atoms with E-state index in [9.17, 15) is 14.4 Å². The molecule has 6 aromatic heterocycles. The molecule has 0 bridgehead atoms. The minimum Gasteiger partial charge on any atom is -0.491 e. The van der Waals surface area contributed by atoms with Crippen molar-refractivity contribution in [2.75, 3.05) is 44.6 Å². The van der Waals surface area contributed by atoms with Gasteiger partial charge in [-0.1, -0.05) is 12.2 Å². The summed E-state index contributed by atoms with van der Waals surface area (Å²) in [6.45, 7) is 14.6. The summed E-state index contributed by atoms with van der Waals surface area (Å²) in [4.78, 5) is 59.8. The summed E-state index contributed by atoms with van der Waals surface area (Å²) in [6.07, 6.45) is 7.86. The van der Waals surface area contributed by atoms with Crippen molar-refractivity contribution >= 4 is 69.2 Å². The molecular formula is C42H50ClN15O4. The Morgan fingerprint density at radius 2 is 1.53 bits per heavy atom. The third-order valence-corrected chi connectivity index (χ3v) is 10.7. The Hall–Kier alpha value is -6.70. The SMILES string of the molecule is CCn1nc(C)cc1C(=O)Nc1nc2cc(C(N)=O)cnc2n1CC=CCn1c2nc(-c3cc(C)nn3CC)ncc2c2cc(C(N)=O)cc(OCCCN3CCNCC3)c21.Cl. The number of benzene rings is 1. The van der Waals surface area contributed by atoms with Crippen molar-refractivity contribution in [2.45, 2.75) is 60.3 Å². The van der Waals surface area contributed by atoms with Crippen molar-refractivity contribution in [1.82, 2.24) is 58.8 Å². The first-order valence-corrected chi connectivity index (χ1v) is 20.4. The van der Waals surface area contributed by atoms with E-state index in [4.69, 9.17) is 26.2 Å². The predicted molar refractivity (Wildman–Crippen MR) is 238 cm³/mol. The number of hydrogen-bond donors (Lipinski definition) is 4. The second-order valence-electron chi connectivity index (χ2n) is 14.9. The molecule has 0 radical (unpaired) electrons. The van der Waals surface area contributed by atoms with Crippen LogP contribution in [0.5, 0.6) is 5.75 Å². The van der Waals surface area contributed by atoms with Crippen LogP contribution in [0.25, 0.3) is 44.6 Å². The average molecular weight is 864 g/mol. The molecule has 7 heterocycles. The monoisotopic (exact) mass is 863 g/mol. The Kier molecular flexibility index (Phi) is 13.0. The summed E-state index contributed by atoms with van der Waals surface area (Å²) < 4.78 is 13.8. The highest BCUT2D eigenvalue weighted by molar-refractivity contribution is 6.12. The standard InChI is InChI=1S/C42H49N15O4.ClH/c1-5-56-32(18-25(3)51-56)38-46-24-30-29-20-27(36(43)58)22-34(61-17-9-12-53-15-10-45-11-16-53)35(29)54(39(30)49-38)13-7-8-14-55-40-31(21-28(23-47-40)37(44)59)48-42(55)50-41(60)33-19-26(4)52-57(33)6-2;/h7-8,18-24,45H,5-6,9-17H2,1-4H3,(H2,43,58)(H2,44,59)(H,48,50,60);1H. The molecule has 1 fully saturated rings. The summed E-state index contributed by atoms with van der Waals surface area (Å²) in [7, 11) is 0. The number of primary amides is 2. The number of halogens is 1. The van der Waals surface area contributed by atoms with Gasteiger partial charge in [0.1, 0.15) is 28.3 Å². The first-order valence-electron chi connectivity index (χ1n) is 20.4. The van der Waals surface area contributed by atoms with Crippen LogP contribution in [0.3, 0.4) is 0 Å². The van der Waals surface area contributed by atoms with E-state index in [1.807, 2.05) is 55.2 Å². The van der Waals surface area contributed by atoms with E-state index in [1.54, 1.807) is 39.7 Å². The van der Waals surface area contributed by atoms with Gasteiger partial charge in [-0.2, -0.15) is 10.2 Å². The number of piperazine rings is 1. The van der Waals surface area contributed by atoms with Crippen LogP contribution in [0.1, 0.15) is 62.9 Å². The molecule has 19 nitrogen and oxygen atoms in total. The zero-order valence-electron chi connectivity index (χ0n) is 35.1. The largest absolute Gasteiger partial charge is 0.491 e. The number of allylic oxidation sites excluding steroid dienone is 2. The van der Waals surface area contributed by atoms with Crippen LogP contribution in [0.15, 0.2) is 54.9 Å². The number of ether oxygens (including phenoxy) is 1. The molecule has 6 N–H and O–H groups in total. The van der Waals surface area contributed by atoms with Crippen molar-refractivity contribution in [3.8, 4) is 17.3 Å². The van der Waals surface area contributed by atoms with Crippen LogP contribution >= 0.6 is 12.4 Å². The molecule has 8 rings (SSSR count). The maximum Gasteiger partial charge on any atom is 0.276 e. The molecule has 20 heteroatoms. The summed E-state index contributed by atoms with van der Waals surface area (Å²) in [5, 5.41) is 16.8. The van der Waals surface area contributed by atoms with Crippen LogP contribution in [0.2, 0.25) is 0 Å². The third kappa shape index (κ3) is 8.72. The number of anilines is 1. The van der Waals surface area contributed by atoms with E-state index in [0.29, 0.717) is 71.6 Å². The van der Waals surface area contributed by atoms with Gasteiger partial charge in [0.2, 0.25) is 17.8 Å². The molecule has 0 atom stereocenters. The van der Waals surface area contributed by atoms with E-state index in [0.717, 1.165) is 66.8 Å². The van der Waals surface area contributed by atoms with E-state index in [1.165, 1.54) is 6.20 Å². The number of hydrogen-bond acceptors (Lipinski definition) is 12. The summed E-state index contributed by atoms with van der Waals surface area (Å²) >= 11 is 0. The van der Waals surface area contributed by atoms with Gasteiger partial charge >= 0.3 is 0 Å². The zero-order valence-corrected chi connectivity index (χ0v) is 35.9. The Balaban J connectivity index is 0.00000578. The molecule has 62 heavy (non-hydrogen) atoms. The fraction of sp³-hybridized carbons (Fsp3) is 0.357. The lowest BCUT2D eigenvalue weighted by Gasteiger charge is -2.27. The number of aromatic nitrogens is 10. The molecule has 1 aliphatic rings. The van der Waals surface area contributed by atoms with Gasteiger partial charge in [-0.15, -0.1) is 12.4 Å². The van der Waals surface area contributed by atoms with Gasteiger partial charge in [0.25, 0.3) is 5.91 Å². The van der Waals surface area contributed by atoms with E-state index in [2.05, 4.69) is 35.7 Å². The number of fused-ring (bicyclic) bond motifs is 4. The molecule has 0 spiro atoms. The number of imidazole rings is 1. The topological polar surface area (TPSA) is 237 Å². The zero-order chi connectivity index (χ0) is 42.8. The van der Waals surface area contributed by atoms with Gasteiger partial charge in [-0.05, 0) is 64.4 Å². The summed E-state index contributed by atoms with van der Waals surface area (Å²) in [5.74, 6) is -0.370. The highest BCUT2D eigenvalue weighted by atomic mass is 35.5. The molecule has 7 aromatic rings. The molecule has 0 saturated carbocycles. The number of nitrogens with two attached hydrogens (primary N) is 2. The maximum atomic E-state index is 13.6. The second-order valence-corrected chi connectivity index (χ2v) is 14.9. The van der Waals surface area contributed by atoms with Crippen molar-refractivity contribution in [1.29, 1.82) is 0 Å². The van der Waals surface area contributed by atoms with Crippen LogP contribution in [-0.2, 0) is 26.2 Å². The number of nitrogens with one attached hydrogen (secondary N) is 2. The van der Waals surface area contributed by atoms with Gasteiger partial charge in [0.05, 0.1) is 29.1 Å². The smallest absolute Gasteiger partial charge is 0.276 e. The number of amides is 3. The molecule has 324 valence electrons. The van der Waals surface area contributed by atoms with Gasteiger partial charge in [0, 0.05) is 87.6 Å². The maximum absolute atomic E-state index is 13.6. The molecular weight excluding hydrogens is 814 g/mol. The van der Waals surface area contributed by atoms with Crippen LogP contribution in [0.4, 0.5) is 5.95 Å². The van der Waals surface area contributed by atoms with Gasteiger partial charge < -0.3 is 31.0 Å². The summed E-state index contributed by atoms with van der Waals surface area (Å²) in [6, 6.07) is 8.68. The molecule has 0 unspecified atom stereocenters. The van der Waals surface area contributed by atoms with Crippen molar-refractivity contribution in [2.24, 2.45) is 11.5 Å². The number of pyridine rings is 1. The number of rotatable bonds is 16. The number of carbonyl (C=O) groups excluding carboxylic acids is 3. The lowest BCUT2D eigenvalue weighted by Crippen LogP contribution is -2.43. The summed E-state index contributed by atoms with van der Waals surface area (Å²) in [5.41, 5.74) is 16.9. The normalized spacial score (nSPS) is 13.4. The van der Waals surface area contributed by atoms with Crippen molar-refractivity contribution < 1.29 is 19.1 Å². The lowest BCUT2D eigenvalue weighted by atomic mass is 10.1. The first kappa shape index (κ1) is 43.4. The Labute approximate surface area is 362 Å².